The predicted octanol–water partition coefficient (Wildman–Crippen LogP) is 2.99. The van der Waals surface area contributed by atoms with Gasteiger partial charge in [-0.15, -0.1) is 0 Å². The van der Waals surface area contributed by atoms with Crippen molar-refractivity contribution in [2.45, 2.75) is 26.3 Å². The molecule has 0 fully saturated rings. The second-order valence-corrected chi connectivity index (χ2v) is 4.81. The summed E-state index contributed by atoms with van der Waals surface area (Å²) >= 11 is 7.62. The lowest BCUT2D eigenvalue weighted by Crippen LogP contribution is -2.17. The van der Waals surface area contributed by atoms with Crippen LogP contribution in [0, 0.1) is 6.92 Å². The van der Waals surface area contributed by atoms with Crippen molar-refractivity contribution in [3.05, 3.63) is 17.0 Å². The molecule has 0 spiro atoms. The first-order valence-electron chi connectivity index (χ1n) is 4.88. The fourth-order valence-electron chi connectivity index (χ4n) is 1.23. The number of anilines is 1. The largest absolute Gasteiger partial charge is 0.367 e. The average Bonchev–Trinajstić information content (AvgIpc) is 2.13. The summed E-state index contributed by atoms with van der Waals surface area (Å²) in [6, 6.07) is 2.31. The Morgan fingerprint density at radius 1 is 1.53 bits per heavy atom. The van der Waals surface area contributed by atoms with Gasteiger partial charge >= 0.3 is 0 Å². The van der Waals surface area contributed by atoms with Crippen molar-refractivity contribution in [2.24, 2.45) is 0 Å². The Kier molecular flexibility index (Phi) is 5.19. The molecule has 0 aliphatic carbocycles. The monoisotopic (exact) mass is 245 g/mol. The summed E-state index contributed by atoms with van der Waals surface area (Å²) in [5, 5.41) is 3.61. The van der Waals surface area contributed by atoms with Crippen molar-refractivity contribution < 1.29 is 0 Å². The lowest BCUT2D eigenvalue weighted by Gasteiger charge is -2.13. The predicted molar refractivity (Wildman–Crippen MR) is 67.9 cm³/mol. The molecular formula is C10H16ClN3S. The maximum Gasteiger partial charge on any atom is 0.224 e. The first-order chi connectivity index (χ1) is 7.11. The molecule has 1 rings (SSSR count). The van der Waals surface area contributed by atoms with Crippen LogP contribution in [0.5, 0.6) is 0 Å². The van der Waals surface area contributed by atoms with Crippen LogP contribution >= 0.6 is 23.4 Å². The molecule has 0 radical (unpaired) electrons. The molecule has 3 nitrogen and oxygen atoms in total. The van der Waals surface area contributed by atoms with E-state index in [1.54, 1.807) is 0 Å². The summed E-state index contributed by atoms with van der Waals surface area (Å²) in [4.78, 5) is 8.13. The molecule has 0 aliphatic rings. The van der Waals surface area contributed by atoms with Crippen molar-refractivity contribution in [1.29, 1.82) is 0 Å². The smallest absolute Gasteiger partial charge is 0.224 e. The van der Waals surface area contributed by atoms with E-state index in [-0.39, 0.29) is 0 Å². The Morgan fingerprint density at radius 2 is 2.27 bits per heavy atom. The van der Waals surface area contributed by atoms with Gasteiger partial charge in [0.25, 0.3) is 0 Å². The van der Waals surface area contributed by atoms with Gasteiger partial charge in [-0.3, -0.25) is 0 Å². The molecule has 1 atom stereocenters. The van der Waals surface area contributed by atoms with Gasteiger partial charge in [-0.25, -0.2) is 9.97 Å². The molecule has 1 N–H and O–H groups in total. The zero-order valence-electron chi connectivity index (χ0n) is 9.25. The highest BCUT2D eigenvalue weighted by Crippen LogP contribution is 2.12. The molecule has 0 aliphatic heterocycles. The van der Waals surface area contributed by atoms with Crippen LogP contribution in [0.25, 0.3) is 0 Å². The van der Waals surface area contributed by atoms with E-state index < -0.39 is 0 Å². The van der Waals surface area contributed by atoms with E-state index >= 15 is 0 Å². The van der Waals surface area contributed by atoms with Crippen LogP contribution in [0.2, 0.25) is 5.28 Å². The van der Waals surface area contributed by atoms with Gasteiger partial charge in [0.05, 0.1) is 0 Å². The fraction of sp³-hybridized carbons (Fsp3) is 0.600. The summed E-state index contributed by atoms with van der Waals surface area (Å²) in [6.45, 7) is 4.05. The second kappa shape index (κ2) is 6.18. The van der Waals surface area contributed by atoms with Crippen LogP contribution < -0.4 is 5.32 Å². The number of thioether (sulfide) groups is 1. The summed E-state index contributed by atoms with van der Waals surface area (Å²) < 4.78 is 0. The minimum Gasteiger partial charge on any atom is -0.367 e. The Labute approximate surface area is 100 Å². The topological polar surface area (TPSA) is 37.8 Å². The highest BCUT2D eigenvalue weighted by atomic mass is 35.5. The number of hydrogen-bond acceptors (Lipinski definition) is 4. The first-order valence-corrected chi connectivity index (χ1v) is 6.65. The Morgan fingerprint density at radius 3 is 2.87 bits per heavy atom. The van der Waals surface area contributed by atoms with Crippen molar-refractivity contribution >= 4 is 29.2 Å². The lowest BCUT2D eigenvalue weighted by molar-refractivity contribution is 0.765. The fourth-order valence-corrected chi connectivity index (χ4v) is 2.04. The number of nitrogens with zero attached hydrogens (tertiary/aromatic N) is 2. The van der Waals surface area contributed by atoms with Crippen LogP contribution in [-0.2, 0) is 0 Å². The van der Waals surface area contributed by atoms with E-state index in [0.717, 1.165) is 23.7 Å². The third-order valence-electron chi connectivity index (χ3n) is 1.98. The minimum absolute atomic E-state index is 0.301. The first kappa shape index (κ1) is 12.6. The molecule has 5 heteroatoms. The van der Waals surface area contributed by atoms with Crippen molar-refractivity contribution in [1.82, 2.24) is 9.97 Å². The van der Waals surface area contributed by atoms with E-state index in [0.29, 0.717) is 11.3 Å². The maximum absolute atomic E-state index is 5.77. The molecule has 0 amide bonds. The van der Waals surface area contributed by atoms with Gasteiger partial charge in [0.15, 0.2) is 0 Å². The van der Waals surface area contributed by atoms with Crippen molar-refractivity contribution in [3.63, 3.8) is 0 Å². The number of halogens is 1. The van der Waals surface area contributed by atoms with Gasteiger partial charge in [-0.05, 0) is 43.9 Å². The number of nitrogens with one attached hydrogen (secondary N) is 1. The van der Waals surface area contributed by atoms with Gasteiger partial charge < -0.3 is 5.32 Å². The van der Waals surface area contributed by atoms with Crippen LogP contribution in [-0.4, -0.2) is 28.0 Å². The number of hydrogen-bond donors (Lipinski definition) is 1. The molecule has 0 aromatic carbocycles. The summed E-state index contributed by atoms with van der Waals surface area (Å²) in [6.07, 6.45) is 3.22. The third kappa shape index (κ3) is 4.71. The average molecular weight is 246 g/mol. The van der Waals surface area contributed by atoms with E-state index in [9.17, 15) is 0 Å². The molecule has 15 heavy (non-hydrogen) atoms. The Bertz CT molecular complexity index is 299. The lowest BCUT2D eigenvalue weighted by atomic mass is 10.2. The van der Waals surface area contributed by atoms with E-state index in [4.69, 9.17) is 11.6 Å². The molecule has 1 aromatic rings. The molecule has 1 heterocycles. The van der Waals surface area contributed by atoms with Gasteiger partial charge in [0.1, 0.15) is 5.82 Å². The van der Waals surface area contributed by atoms with Crippen molar-refractivity contribution in [2.75, 3.05) is 17.3 Å². The summed E-state index contributed by atoms with van der Waals surface area (Å²) in [5.41, 5.74) is 0.884. The van der Waals surface area contributed by atoms with Crippen molar-refractivity contribution in [3.8, 4) is 0 Å². The van der Waals surface area contributed by atoms with Gasteiger partial charge in [0, 0.05) is 17.8 Å². The number of aromatic nitrogens is 2. The normalized spacial score (nSPS) is 12.5. The molecule has 1 aromatic heterocycles. The quantitative estimate of drug-likeness (QED) is 0.810. The second-order valence-electron chi connectivity index (χ2n) is 3.49. The number of aryl methyl sites for hydroxylation is 1. The SMILES string of the molecule is CSCCC(C)Nc1cc(C)nc(Cl)n1. The summed E-state index contributed by atoms with van der Waals surface area (Å²) in [5.74, 6) is 1.95. The minimum atomic E-state index is 0.301. The highest BCUT2D eigenvalue weighted by molar-refractivity contribution is 7.98. The van der Waals surface area contributed by atoms with E-state index in [1.807, 2.05) is 24.8 Å². The van der Waals surface area contributed by atoms with Gasteiger partial charge in [0.2, 0.25) is 5.28 Å². The molecule has 1 unspecified atom stereocenters. The van der Waals surface area contributed by atoms with Crippen LogP contribution in [0.15, 0.2) is 6.07 Å². The molecule has 0 bridgehead atoms. The Balaban J connectivity index is 2.56. The van der Waals surface area contributed by atoms with Crippen LogP contribution in [0.1, 0.15) is 19.0 Å². The van der Waals surface area contributed by atoms with E-state index in [1.165, 1.54) is 0 Å². The zero-order chi connectivity index (χ0) is 11.3. The van der Waals surface area contributed by atoms with Crippen LogP contribution in [0.3, 0.4) is 0 Å². The molecule has 0 saturated carbocycles. The van der Waals surface area contributed by atoms with E-state index in [2.05, 4.69) is 28.5 Å². The van der Waals surface area contributed by atoms with Gasteiger partial charge in [-0.1, -0.05) is 0 Å². The maximum atomic E-state index is 5.77. The van der Waals surface area contributed by atoms with Gasteiger partial charge in [-0.2, -0.15) is 11.8 Å². The zero-order valence-corrected chi connectivity index (χ0v) is 10.8. The molecular weight excluding hydrogens is 230 g/mol. The summed E-state index contributed by atoms with van der Waals surface area (Å²) in [7, 11) is 0. The molecule has 0 saturated heterocycles. The molecule has 84 valence electrons. The Hall–Kier alpha value is -0.480. The highest BCUT2D eigenvalue weighted by Gasteiger charge is 2.04. The number of rotatable bonds is 5. The van der Waals surface area contributed by atoms with Crippen LogP contribution in [0.4, 0.5) is 5.82 Å². The third-order valence-corrected chi connectivity index (χ3v) is 2.79. The standard InChI is InChI=1S/C10H16ClN3S/c1-7(4-5-15-3)12-9-6-8(2)13-10(11)14-9/h6-7H,4-5H2,1-3H3,(H,12,13,14).